The largest absolute Gasteiger partial charge is 0.550 e. The first-order valence-corrected chi connectivity index (χ1v) is 4.31. The molecular formula is C8H4Cl2NO3-. The lowest BCUT2D eigenvalue weighted by atomic mass is 10.1. The van der Waals surface area contributed by atoms with E-state index in [4.69, 9.17) is 23.2 Å². The van der Waals surface area contributed by atoms with Gasteiger partial charge in [0, 0.05) is 5.97 Å². The van der Waals surface area contributed by atoms with Crippen molar-refractivity contribution in [3.63, 3.8) is 0 Å². The van der Waals surface area contributed by atoms with E-state index in [1.807, 2.05) is 0 Å². The molecule has 0 aromatic carbocycles. The Balaban J connectivity index is 2.96. The summed E-state index contributed by atoms with van der Waals surface area (Å²) in [6.07, 6.45) is -0.719. The van der Waals surface area contributed by atoms with E-state index in [0.717, 1.165) is 0 Å². The zero-order chi connectivity index (χ0) is 10.7. The molecule has 1 rings (SSSR count). The van der Waals surface area contributed by atoms with Gasteiger partial charge in [-0.3, -0.25) is 4.79 Å². The molecule has 0 N–H and O–H groups in total. The summed E-state index contributed by atoms with van der Waals surface area (Å²) in [5, 5.41) is 10.2. The highest BCUT2D eigenvalue weighted by molar-refractivity contribution is 6.35. The van der Waals surface area contributed by atoms with Gasteiger partial charge in [0.1, 0.15) is 10.3 Å². The van der Waals surface area contributed by atoms with Crippen molar-refractivity contribution in [2.45, 2.75) is 6.42 Å². The van der Waals surface area contributed by atoms with E-state index in [-0.39, 0.29) is 15.9 Å². The van der Waals surface area contributed by atoms with E-state index in [1.165, 1.54) is 12.1 Å². The minimum atomic E-state index is -1.46. The van der Waals surface area contributed by atoms with Gasteiger partial charge in [0.2, 0.25) is 0 Å². The molecule has 14 heavy (non-hydrogen) atoms. The van der Waals surface area contributed by atoms with Crippen LogP contribution in [0.1, 0.15) is 16.8 Å². The summed E-state index contributed by atoms with van der Waals surface area (Å²) >= 11 is 11.1. The van der Waals surface area contributed by atoms with Crippen molar-refractivity contribution in [1.29, 1.82) is 0 Å². The molecule has 1 aromatic rings. The van der Waals surface area contributed by atoms with Crippen molar-refractivity contribution in [3.05, 3.63) is 28.0 Å². The molecule has 0 atom stereocenters. The van der Waals surface area contributed by atoms with E-state index in [9.17, 15) is 14.7 Å². The van der Waals surface area contributed by atoms with Gasteiger partial charge in [0.15, 0.2) is 5.78 Å². The van der Waals surface area contributed by atoms with Crippen LogP contribution in [-0.4, -0.2) is 16.7 Å². The number of pyridine rings is 1. The number of rotatable bonds is 3. The van der Waals surface area contributed by atoms with E-state index >= 15 is 0 Å². The number of carbonyl (C=O) groups excluding carboxylic acids is 2. The highest BCUT2D eigenvalue weighted by atomic mass is 35.5. The summed E-state index contributed by atoms with van der Waals surface area (Å²) < 4.78 is 0. The van der Waals surface area contributed by atoms with Crippen molar-refractivity contribution in [2.75, 3.05) is 0 Å². The summed E-state index contributed by atoms with van der Waals surface area (Å²) in [5.41, 5.74) is 0.0280. The van der Waals surface area contributed by atoms with E-state index < -0.39 is 18.2 Å². The predicted octanol–water partition coefficient (Wildman–Crippen LogP) is 0.711. The summed E-state index contributed by atoms with van der Waals surface area (Å²) in [7, 11) is 0. The summed E-state index contributed by atoms with van der Waals surface area (Å²) in [4.78, 5) is 24.9. The zero-order valence-electron chi connectivity index (χ0n) is 6.79. The Kier molecular flexibility index (Phi) is 3.43. The lowest BCUT2D eigenvalue weighted by Crippen LogP contribution is -2.25. The topological polar surface area (TPSA) is 70.1 Å². The molecule has 0 saturated carbocycles. The number of carbonyl (C=O) groups is 2. The monoisotopic (exact) mass is 232 g/mol. The highest BCUT2D eigenvalue weighted by Crippen LogP contribution is 2.17. The van der Waals surface area contributed by atoms with Gasteiger partial charge in [-0.1, -0.05) is 23.2 Å². The number of hydrogen-bond acceptors (Lipinski definition) is 4. The van der Waals surface area contributed by atoms with Crippen molar-refractivity contribution in [3.8, 4) is 0 Å². The van der Waals surface area contributed by atoms with Gasteiger partial charge >= 0.3 is 0 Å². The number of aliphatic carboxylic acids is 1. The lowest BCUT2D eigenvalue weighted by Gasteiger charge is -2.03. The number of aromatic nitrogens is 1. The second-order valence-corrected chi connectivity index (χ2v) is 3.19. The molecule has 0 radical (unpaired) electrons. The van der Waals surface area contributed by atoms with E-state index in [1.54, 1.807) is 0 Å². The fourth-order valence-electron chi connectivity index (χ4n) is 0.846. The van der Waals surface area contributed by atoms with Crippen LogP contribution in [-0.2, 0) is 4.79 Å². The molecule has 1 aromatic heterocycles. The molecule has 6 heteroatoms. The molecule has 4 nitrogen and oxygen atoms in total. The Morgan fingerprint density at radius 3 is 2.50 bits per heavy atom. The number of Topliss-reactive ketones (excluding diaryl/α,β-unsaturated/α-hetero) is 1. The maximum atomic E-state index is 11.2. The first kappa shape index (κ1) is 10.9. The predicted molar refractivity (Wildman–Crippen MR) is 48.2 cm³/mol. The Morgan fingerprint density at radius 2 is 2.00 bits per heavy atom. The fourth-order valence-corrected chi connectivity index (χ4v) is 1.30. The number of hydrogen-bond donors (Lipinski definition) is 0. The standard InChI is InChI=1S/C8H5Cl2NO3/c9-6-2-1-4(8(10)11-6)5(12)3-7(13)14/h1-2H,3H2,(H,13,14)/p-1. The second kappa shape index (κ2) is 4.39. The van der Waals surface area contributed by atoms with Crippen LogP contribution >= 0.6 is 23.2 Å². The molecule has 1 heterocycles. The Hall–Kier alpha value is -1.13. The van der Waals surface area contributed by atoms with Crippen LogP contribution in [0.2, 0.25) is 10.3 Å². The zero-order valence-corrected chi connectivity index (χ0v) is 8.30. The average Bonchev–Trinajstić information content (AvgIpc) is 2.01. The quantitative estimate of drug-likeness (QED) is 0.438. The minimum Gasteiger partial charge on any atom is -0.550 e. The molecule has 0 saturated heterocycles. The van der Waals surface area contributed by atoms with Crippen molar-refractivity contribution in [1.82, 2.24) is 4.98 Å². The molecule has 0 aliphatic heterocycles. The van der Waals surface area contributed by atoms with Crippen molar-refractivity contribution in [2.24, 2.45) is 0 Å². The Labute approximate surface area is 89.5 Å². The summed E-state index contributed by atoms with van der Waals surface area (Å²) in [6, 6.07) is 2.68. The summed E-state index contributed by atoms with van der Waals surface area (Å²) in [6.45, 7) is 0. The van der Waals surface area contributed by atoms with Crippen LogP contribution in [0.15, 0.2) is 12.1 Å². The van der Waals surface area contributed by atoms with Gasteiger partial charge < -0.3 is 9.90 Å². The van der Waals surface area contributed by atoms with E-state index in [0.29, 0.717) is 0 Å². The van der Waals surface area contributed by atoms with Gasteiger partial charge in [-0.15, -0.1) is 0 Å². The van der Waals surface area contributed by atoms with Crippen LogP contribution in [0.3, 0.4) is 0 Å². The third-order valence-electron chi connectivity index (χ3n) is 1.42. The number of nitrogens with zero attached hydrogens (tertiary/aromatic N) is 1. The molecule has 0 unspecified atom stereocenters. The number of carboxylic acid groups (broad SMARTS) is 1. The van der Waals surface area contributed by atoms with Crippen LogP contribution in [0, 0.1) is 0 Å². The molecule has 0 spiro atoms. The minimum absolute atomic E-state index is 0.0280. The fraction of sp³-hybridized carbons (Fsp3) is 0.125. The highest BCUT2D eigenvalue weighted by Gasteiger charge is 2.11. The van der Waals surface area contributed by atoms with Crippen LogP contribution in [0.4, 0.5) is 0 Å². The molecule has 0 amide bonds. The van der Waals surface area contributed by atoms with E-state index in [2.05, 4.69) is 4.98 Å². The number of halogens is 2. The first-order chi connectivity index (χ1) is 6.50. The Bertz CT molecular complexity index is 392. The SMILES string of the molecule is O=C([O-])CC(=O)c1ccc(Cl)nc1Cl. The molecular weight excluding hydrogens is 229 g/mol. The lowest BCUT2D eigenvalue weighted by molar-refractivity contribution is -0.304. The second-order valence-electron chi connectivity index (χ2n) is 2.44. The molecule has 0 aliphatic carbocycles. The first-order valence-electron chi connectivity index (χ1n) is 3.56. The maximum absolute atomic E-state index is 11.2. The summed E-state index contributed by atoms with van der Waals surface area (Å²) in [5.74, 6) is -2.11. The molecule has 0 fully saturated rings. The van der Waals surface area contributed by atoms with Gasteiger partial charge in [-0.2, -0.15) is 0 Å². The van der Waals surface area contributed by atoms with Gasteiger partial charge in [0.05, 0.1) is 12.0 Å². The normalized spacial score (nSPS) is 9.86. The van der Waals surface area contributed by atoms with Gasteiger partial charge in [-0.25, -0.2) is 4.98 Å². The third-order valence-corrected chi connectivity index (χ3v) is 1.92. The van der Waals surface area contributed by atoms with Gasteiger partial charge in [-0.05, 0) is 12.1 Å². The van der Waals surface area contributed by atoms with Crippen molar-refractivity contribution >= 4 is 35.0 Å². The molecule has 74 valence electrons. The van der Waals surface area contributed by atoms with Gasteiger partial charge in [0.25, 0.3) is 0 Å². The number of carboxylic acids is 1. The maximum Gasteiger partial charge on any atom is 0.171 e. The number of ketones is 1. The molecule has 0 aliphatic rings. The Morgan fingerprint density at radius 1 is 1.36 bits per heavy atom. The third kappa shape index (κ3) is 2.68. The molecule has 0 bridgehead atoms. The van der Waals surface area contributed by atoms with Crippen LogP contribution < -0.4 is 5.11 Å². The van der Waals surface area contributed by atoms with Crippen LogP contribution in [0.25, 0.3) is 0 Å². The van der Waals surface area contributed by atoms with Crippen molar-refractivity contribution < 1.29 is 14.7 Å². The average molecular weight is 233 g/mol. The van der Waals surface area contributed by atoms with Crippen LogP contribution in [0.5, 0.6) is 0 Å². The smallest absolute Gasteiger partial charge is 0.171 e.